The van der Waals surface area contributed by atoms with E-state index in [9.17, 15) is 4.79 Å². The van der Waals surface area contributed by atoms with E-state index in [1.165, 1.54) is 32.4 Å². The first-order chi connectivity index (χ1) is 11.2. The largest absolute Gasteiger partial charge is 0.368 e. The molecular weight excluding hydrogens is 290 g/mol. The summed E-state index contributed by atoms with van der Waals surface area (Å²) >= 11 is 0. The van der Waals surface area contributed by atoms with Crippen LogP contribution in [-0.4, -0.2) is 57.9 Å². The molecule has 6 heteroatoms. The SMILES string of the molecule is Nc1nc2c(c(C(=O)N3CC(N4CCCCC4)C3)n1)CCCC2. The number of piperidine rings is 1. The minimum absolute atomic E-state index is 0.0468. The fourth-order valence-electron chi connectivity index (χ4n) is 4.08. The van der Waals surface area contributed by atoms with Crippen molar-refractivity contribution in [3.05, 3.63) is 17.0 Å². The molecule has 23 heavy (non-hydrogen) atoms. The number of hydrogen-bond donors (Lipinski definition) is 1. The number of carbonyl (C=O) groups is 1. The van der Waals surface area contributed by atoms with Gasteiger partial charge in [0.15, 0.2) is 0 Å². The number of fused-ring (bicyclic) bond motifs is 1. The van der Waals surface area contributed by atoms with Crippen molar-refractivity contribution in [3.63, 3.8) is 0 Å². The number of anilines is 1. The molecule has 1 aromatic rings. The van der Waals surface area contributed by atoms with Crippen molar-refractivity contribution in [2.45, 2.75) is 51.0 Å². The van der Waals surface area contributed by atoms with E-state index in [-0.39, 0.29) is 11.9 Å². The van der Waals surface area contributed by atoms with E-state index in [1.54, 1.807) is 0 Å². The van der Waals surface area contributed by atoms with Crippen LogP contribution in [-0.2, 0) is 12.8 Å². The molecule has 2 fully saturated rings. The summed E-state index contributed by atoms with van der Waals surface area (Å²) in [6.45, 7) is 4.03. The molecule has 3 aliphatic rings. The van der Waals surface area contributed by atoms with Crippen LogP contribution >= 0.6 is 0 Å². The van der Waals surface area contributed by atoms with Crippen LogP contribution in [0.15, 0.2) is 0 Å². The van der Waals surface area contributed by atoms with E-state index in [0.717, 1.165) is 50.0 Å². The molecule has 1 aliphatic carbocycles. The first kappa shape index (κ1) is 14.9. The van der Waals surface area contributed by atoms with E-state index in [0.29, 0.717) is 11.7 Å². The average Bonchev–Trinajstić information content (AvgIpc) is 2.53. The van der Waals surface area contributed by atoms with Gasteiger partial charge in [-0.1, -0.05) is 6.42 Å². The van der Waals surface area contributed by atoms with Crippen molar-refractivity contribution in [3.8, 4) is 0 Å². The van der Waals surface area contributed by atoms with Crippen LogP contribution in [0.1, 0.15) is 53.8 Å². The van der Waals surface area contributed by atoms with Crippen LogP contribution in [0.25, 0.3) is 0 Å². The van der Waals surface area contributed by atoms with Crippen molar-refractivity contribution in [1.82, 2.24) is 19.8 Å². The van der Waals surface area contributed by atoms with Gasteiger partial charge in [0.1, 0.15) is 5.69 Å². The Balaban J connectivity index is 1.47. The van der Waals surface area contributed by atoms with Crippen LogP contribution in [0.2, 0.25) is 0 Å². The fourth-order valence-corrected chi connectivity index (χ4v) is 4.08. The summed E-state index contributed by atoms with van der Waals surface area (Å²) in [5.41, 5.74) is 8.41. The zero-order valence-corrected chi connectivity index (χ0v) is 13.6. The van der Waals surface area contributed by atoms with Gasteiger partial charge in [-0.05, 0) is 51.6 Å². The maximum absolute atomic E-state index is 12.8. The molecule has 124 valence electrons. The van der Waals surface area contributed by atoms with Gasteiger partial charge in [0.2, 0.25) is 5.95 Å². The van der Waals surface area contributed by atoms with Crippen LogP contribution in [0.3, 0.4) is 0 Å². The van der Waals surface area contributed by atoms with Crippen LogP contribution in [0.4, 0.5) is 5.95 Å². The molecule has 6 nitrogen and oxygen atoms in total. The lowest BCUT2D eigenvalue weighted by molar-refractivity contribution is 0.0198. The smallest absolute Gasteiger partial charge is 0.273 e. The Hall–Kier alpha value is -1.69. The standard InChI is InChI=1S/C17H25N5O/c18-17-19-14-7-3-2-6-13(14)15(20-17)16(23)22-10-12(11-22)21-8-4-1-5-9-21/h12H,1-11H2,(H2,18,19,20). The molecule has 2 N–H and O–H groups in total. The number of aryl methyl sites for hydroxylation is 1. The Labute approximate surface area is 137 Å². The summed E-state index contributed by atoms with van der Waals surface area (Å²) in [5, 5.41) is 0. The van der Waals surface area contributed by atoms with E-state index < -0.39 is 0 Å². The molecule has 3 heterocycles. The first-order valence-electron chi connectivity index (χ1n) is 8.91. The maximum Gasteiger partial charge on any atom is 0.273 e. The maximum atomic E-state index is 12.8. The minimum Gasteiger partial charge on any atom is -0.368 e. The summed E-state index contributed by atoms with van der Waals surface area (Å²) in [4.78, 5) is 25.9. The summed E-state index contributed by atoms with van der Waals surface area (Å²) < 4.78 is 0. The zero-order chi connectivity index (χ0) is 15.8. The number of carbonyl (C=O) groups excluding carboxylic acids is 1. The van der Waals surface area contributed by atoms with Crippen molar-refractivity contribution in [1.29, 1.82) is 0 Å². The quantitative estimate of drug-likeness (QED) is 0.889. The number of nitrogen functional groups attached to an aromatic ring is 1. The lowest BCUT2D eigenvalue weighted by Crippen LogP contribution is -2.62. The lowest BCUT2D eigenvalue weighted by atomic mass is 9.93. The van der Waals surface area contributed by atoms with Gasteiger partial charge in [-0.25, -0.2) is 9.97 Å². The topological polar surface area (TPSA) is 75.3 Å². The van der Waals surface area contributed by atoms with Gasteiger partial charge in [0, 0.05) is 30.4 Å². The Kier molecular flexibility index (Phi) is 3.93. The van der Waals surface area contributed by atoms with E-state index in [1.807, 2.05) is 4.90 Å². The molecule has 0 unspecified atom stereocenters. The predicted octanol–water partition coefficient (Wildman–Crippen LogP) is 1.25. The summed E-state index contributed by atoms with van der Waals surface area (Å²) in [6, 6.07) is 0.536. The molecular formula is C17H25N5O. The Bertz CT molecular complexity index is 605. The number of hydrogen-bond acceptors (Lipinski definition) is 5. The van der Waals surface area contributed by atoms with Gasteiger partial charge in [-0.2, -0.15) is 0 Å². The highest BCUT2D eigenvalue weighted by Gasteiger charge is 2.37. The number of aromatic nitrogens is 2. The van der Waals surface area contributed by atoms with Gasteiger partial charge in [-0.3, -0.25) is 9.69 Å². The third kappa shape index (κ3) is 2.80. The van der Waals surface area contributed by atoms with E-state index >= 15 is 0 Å². The van der Waals surface area contributed by atoms with Gasteiger partial charge in [-0.15, -0.1) is 0 Å². The van der Waals surface area contributed by atoms with Crippen molar-refractivity contribution in [2.24, 2.45) is 0 Å². The summed E-state index contributed by atoms with van der Waals surface area (Å²) in [7, 11) is 0. The number of nitrogens with two attached hydrogens (primary N) is 1. The normalized spacial score (nSPS) is 22.5. The molecule has 1 amide bonds. The third-order valence-electron chi connectivity index (χ3n) is 5.46. The number of nitrogens with zero attached hydrogens (tertiary/aromatic N) is 4. The molecule has 4 rings (SSSR count). The second-order valence-corrected chi connectivity index (χ2v) is 7.02. The van der Waals surface area contributed by atoms with Crippen LogP contribution in [0.5, 0.6) is 0 Å². The Morgan fingerprint density at radius 3 is 2.52 bits per heavy atom. The first-order valence-corrected chi connectivity index (χ1v) is 8.91. The second-order valence-electron chi connectivity index (χ2n) is 7.02. The monoisotopic (exact) mass is 315 g/mol. The zero-order valence-electron chi connectivity index (χ0n) is 13.6. The minimum atomic E-state index is 0.0468. The highest BCUT2D eigenvalue weighted by molar-refractivity contribution is 5.95. The van der Waals surface area contributed by atoms with E-state index in [2.05, 4.69) is 14.9 Å². The Morgan fingerprint density at radius 2 is 1.74 bits per heavy atom. The highest BCUT2D eigenvalue weighted by atomic mass is 16.2. The molecule has 0 saturated carbocycles. The number of amides is 1. The van der Waals surface area contributed by atoms with Crippen LogP contribution < -0.4 is 5.73 Å². The summed E-state index contributed by atoms with van der Waals surface area (Å²) in [6.07, 6.45) is 7.98. The molecule has 0 bridgehead atoms. The molecule has 1 aromatic heterocycles. The average molecular weight is 315 g/mol. The molecule has 0 radical (unpaired) electrons. The number of likely N-dealkylation sites (tertiary alicyclic amines) is 2. The van der Waals surface area contributed by atoms with Crippen molar-refractivity contribution in [2.75, 3.05) is 31.9 Å². The lowest BCUT2D eigenvalue weighted by Gasteiger charge is -2.46. The molecule has 2 saturated heterocycles. The molecule has 0 aromatic carbocycles. The molecule has 2 aliphatic heterocycles. The van der Waals surface area contributed by atoms with Gasteiger partial charge < -0.3 is 10.6 Å². The fraction of sp³-hybridized carbons (Fsp3) is 0.706. The highest BCUT2D eigenvalue weighted by Crippen LogP contribution is 2.26. The van der Waals surface area contributed by atoms with Crippen molar-refractivity contribution < 1.29 is 4.79 Å². The molecule has 0 atom stereocenters. The van der Waals surface area contributed by atoms with Gasteiger partial charge in [0.05, 0.1) is 0 Å². The summed E-state index contributed by atoms with van der Waals surface area (Å²) in [5.74, 6) is 0.285. The molecule has 0 spiro atoms. The Morgan fingerprint density at radius 1 is 1.00 bits per heavy atom. The predicted molar refractivity (Wildman–Crippen MR) is 88.2 cm³/mol. The van der Waals surface area contributed by atoms with Gasteiger partial charge >= 0.3 is 0 Å². The van der Waals surface area contributed by atoms with Crippen molar-refractivity contribution >= 4 is 11.9 Å². The van der Waals surface area contributed by atoms with Gasteiger partial charge in [0.25, 0.3) is 5.91 Å². The van der Waals surface area contributed by atoms with Crippen LogP contribution in [0, 0.1) is 0 Å². The second kappa shape index (κ2) is 6.07. The third-order valence-corrected chi connectivity index (χ3v) is 5.46. The number of rotatable bonds is 2. The van der Waals surface area contributed by atoms with E-state index in [4.69, 9.17) is 5.73 Å².